The fraction of sp³-hybridized carbons (Fsp3) is 0.333. The summed E-state index contributed by atoms with van der Waals surface area (Å²) in [6, 6.07) is 5.93. The number of nitrogens with one attached hydrogen (secondary N) is 2. The van der Waals surface area contributed by atoms with E-state index in [4.69, 9.17) is 0 Å². The summed E-state index contributed by atoms with van der Waals surface area (Å²) in [6.45, 7) is 3.62. The topological polar surface area (TPSA) is 118 Å². The summed E-state index contributed by atoms with van der Waals surface area (Å²) in [4.78, 5) is 7.68. The summed E-state index contributed by atoms with van der Waals surface area (Å²) >= 11 is 0. The molecule has 0 atom stereocenters. The van der Waals surface area contributed by atoms with Gasteiger partial charge in [0.15, 0.2) is 0 Å². The zero-order valence-corrected chi connectivity index (χ0v) is 15.5. The minimum atomic E-state index is -3.70. The van der Waals surface area contributed by atoms with Gasteiger partial charge in [0.05, 0.1) is 0 Å². The van der Waals surface area contributed by atoms with Gasteiger partial charge in [0.1, 0.15) is 9.79 Å². The third-order valence-corrected chi connectivity index (χ3v) is 6.14. The molecule has 0 amide bonds. The van der Waals surface area contributed by atoms with Crippen LogP contribution in [-0.4, -0.2) is 39.9 Å². The molecule has 25 heavy (non-hydrogen) atoms. The summed E-state index contributed by atoms with van der Waals surface area (Å²) in [7, 11) is -7.40. The molecule has 0 saturated carbocycles. The van der Waals surface area contributed by atoms with Gasteiger partial charge >= 0.3 is 0 Å². The number of hydrogen-bond donors (Lipinski definition) is 2. The molecule has 2 N–H and O–H groups in total. The molecule has 136 valence electrons. The summed E-state index contributed by atoms with van der Waals surface area (Å²) in [5, 5.41) is 0. The van der Waals surface area contributed by atoms with E-state index >= 15 is 0 Å². The van der Waals surface area contributed by atoms with Crippen LogP contribution in [0.3, 0.4) is 0 Å². The van der Waals surface area contributed by atoms with Crippen molar-refractivity contribution in [3.8, 4) is 0 Å². The fourth-order valence-corrected chi connectivity index (χ4v) is 4.23. The molecule has 10 heteroatoms. The maximum Gasteiger partial charge on any atom is 0.242 e. The lowest BCUT2D eigenvalue weighted by atomic mass is 9.95. The smallest absolute Gasteiger partial charge is 0.242 e. The zero-order chi connectivity index (χ0) is 18.6. The van der Waals surface area contributed by atoms with Crippen molar-refractivity contribution in [1.29, 1.82) is 0 Å². The normalized spacial score (nSPS) is 12.9. The van der Waals surface area contributed by atoms with Gasteiger partial charge < -0.3 is 0 Å². The van der Waals surface area contributed by atoms with E-state index in [-0.39, 0.29) is 22.9 Å². The third-order valence-electron chi connectivity index (χ3n) is 3.37. The molecule has 0 spiro atoms. The Hall–Kier alpha value is -1.88. The number of rotatable bonds is 8. The van der Waals surface area contributed by atoms with Gasteiger partial charge in [-0.15, -0.1) is 0 Å². The van der Waals surface area contributed by atoms with Gasteiger partial charge in [-0.05, 0) is 29.7 Å². The second-order valence-corrected chi connectivity index (χ2v) is 9.72. The lowest BCUT2D eigenvalue weighted by Gasteiger charge is -2.25. The molecule has 2 rings (SSSR count). The van der Waals surface area contributed by atoms with Crippen molar-refractivity contribution in [2.45, 2.75) is 23.6 Å². The molecular weight excluding hydrogens is 364 g/mol. The number of sulfonamides is 2. The molecule has 0 aromatic carbocycles. The quantitative estimate of drug-likeness (QED) is 0.694. The predicted molar refractivity (Wildman–Crippen MR) is 92.6 cm³/mol. The third kappa shape index (κ3) is 5.56. The van der Waals surface area contributed by atoms with Gasteiger partial charge in [0.2, 0.25) is 20.0 Å². The van der Waals surface area contributed by atoms with Crippen LogP contribution in [0.15, 0.2) is 58.8 Å². The second kappa shape index (κ2) is 7.56. The summed E-state index contributed by atoms with van der Waals surface area (Å²) in [5.41, 5.74) is -0.648. The van der Waals surface area contributed by atoms with Crippen molar-refractivity contribution < 1.29 is 16.8 Å². The van der Waals surface area contributed by atoms with Crippen LogP contribution in [0.1, 0.15) is 13.8 Å². The highest BCUT2D eigenvalue weighted by Gasteiger charge is 2.25. The lowest BCUT2D eigenvalue weighted by molar-refractivity contribution is 0.361. The molecule has 0 aliphatic carbocycles. The summed E-state index contributed by atoms with van der Waals surface area (Å²) in [6.07, 6.45) is 5.47. The van der Waals surface area contributed by atoms with E-state index in [0.717, 1.165) is 0 Å². The van der Waals surface area contributed by atoms with Crippen LogP contribution in [-0.2, 0) is 20.0 Å². The molecule has 0 radical (unpaired) electrons. The molecule has 0 aliphatic heterocycles. The number of nitrogens with zero attached hydrogens (tertiary/aromatic N) is 2. The second-order valence-electron chi connectivity index (χ2n) is 6.19. The number of hydrogen-bond acceptors (Lipinski definition) is 6. The molecule has 2 heterocycles. The van der Waals surface area contributed by atoms with Gasteiger partial charge in [-0.2, -0.15) is 0 Å². The Bertz CT molecular complexity index is 824. The van der Waals surface area contributed by atoms with Crippen molar-refractivity contribution >= 4 is 20.0 Å². The highest BCUT2D eigenvalue weighted by molar-refractivity contribution is 7.89. The van der Waals surface area contributed by atoms with Crippen molar-refractivity contribution in [1.82, 2.24) is 19.4 Å². The van der Waals surface area contributed by atoms with E-state index in [9.17, 15) is 16.8 Å². The minimum absolute atomic E-state index is 0.0553. The lowest BCUT2D eigenvalue weighted by Crippen LogP contribution is -2.42. The highest BCUT2D eigenvalue weighted by Crippen LogP contribution is 2.16. The van der Waals surface area contributed by atoms with E-state index in [1.54, 1.807) is 13.8 Å². The van der Waals surface area contributed by atoms with E-state index in [2.05, 4.69) is 19.4 Å². The summed E-state index contributed by atoms with van der Waals surface area (Å²) < 4.78 is 53.8. The number of pyridine rings is 2. The van der Waals surface area contributed by atoms with Gasteiger partial charge in [0, 0.05) is 37.9 Å². The Morgan fingerprint density at radius 1 is 0.840 bits per heavy atom. The van der Waals surface area contributed by atoms with Crippen LogP contribution < -0.4 is 9.44 Å². The van der Waals surface area contributed by atoms with Crippen molar-refractivity contribution in [3.63, 3.8) is 0 Å². The maximum absolute atomic E-state index is 12.2. The van der Waals surface area contributed by atoms with Crippen LogP contribution in [0.2, 0.25) is 0 Å². The van der Waals surface area contributed by atoms with Gasteiger partial charge in [-0.1, -0.05) is 13.8 Å². The molecule has 0 fully saturated rings. The minimum Gasteiger partial charge on any atom is -0.263 e. The molecule has 0 unspecified atom stereocenters. The Balaban J connectivity index is 1.98. The van der Waals surface area contributed by atoms with Crippen LogP contribution in [0, 0.1) is 5.41 Å². The van der Waals surface area contributed by atoms with E-state index in [1.165, 1.54) is 49.1 Å². The average Bonchev–Trinajstić information content (AvgIpc) is 2.60. The molecule has 0 saturated heterocycles. The Morgan fingerprint density at radius 2 is 1.24 bits per heavy atom. The monoisotopic (exact) mass is 384 g/mol. The first-order valence-corrected chi connectivity index (χ1v) is 10.4. The fourth-order valence-electron chi connectivity index (χ4n) is 1.82. The molecule has 2 aromatic heterocycles. The van der Waals surface area contributed by atoms with Crippen LogP contribution >= 0.6 is 0 Å². The first-order chi connectivity index (χ1) is 11.6. The first-order valence-electron chi connectivity index (χ1n) is 7.42. The summed E-state index contributed by atoms with van der Waals surface area (Å²) in [5.74, 6) is 0. The van der Waals surface area contributed by atoms with Gasteiger partial charge in [-0.25, -0.2) is 26.3 Å². The molecule has 0 aliphatic rings. The van der Waals surface area contributed by atoms with E-state index < -0.39 is 25.5 Å². The molecule has 8 nitrogen and oxygen atoms in total. The van der Waals surface area contributed by atoms with Crippen LogP contribution in [0.5, 0.6) is 0 Å². The SMILES string of the molecule is CC(C)(CNS(=O)(=O)c1cccnc1)CNS(=O)(=O)c1cccnc1. The molecule has 2 aromatic rings. The molecule has 0 bridgehead atoms. The first kappa shape index (κ1) is 19.4. The average molecular weight is 384 g/mol. The largest absolute Gasteiger partial charge is 0.263 e. The maximum atomic E-state index is 12.2. The Morgan fingerprint density at radius 3 is 1.56 bits per heavy atom. The number of aromatic nitrogens is 2. The van der Waals surface area contributed by atoms with Crippen LogP contribution in [0.25, 0.3) is 0 Å². The van der Waals surface area contributed by atoms with Crippen molar-refractivity contribution in [2.24, 2.45) is 5.41 Å². The highest BCUT2D eigenvalue weighted by atomic mass is 32.2. The van der Waals surface area contributed by atoms with Crippen LogP contribution in [0.4, 0.5) is 0 Å². The van der Waals surface area contributed by atoms with Gasteiger partial charge in [-0.3, -0.25) is 9.97 Å². The van der Waals surface area contributed by atoms with Gasteiger partial charge in [0.25, 0.3) is 0 Å². The van der Waals surface area contributed by atoms with E-state index in [1.807, 2.05) is 0 Å². The molecular formula is C15H20N4O4S2. The standard InChI is InChI=1S/C15H20N4O4S2/c1-15(2,11-18-24(20,21)13-5-3-7-16-9-13)12-19-25(22,23)14-6-4-8-17-10-14/h3-10,18-19H,11-12H2,1-2H3. The Labute approximate surface area is 147 Å². The Kier molecular flexibility index (Phi) is 5.88. The van der Waals surface area contributed by atoms with Crippen molar-refractivity contribution in [3.05, 3.63) is 49.1 Å². The zero-order valence-electron chi connectivity index (χ0n) is 13.9. The predicted octanol–water partition coefficient (Wildman–Crippen LogP) is 0.760. The van der Waals surface area contributed by atoms with Crippen molar-refractivity contribution in [2.75, 3.05) is 13.1 Å². The van der Waals surface area contributed by atoms with E-state index in [0.29, 0.717) is 0 Å².